The van der Waals surface area contributed by atoms with Crippen LogP contribution in [0.15, 0.2) is 44.4 Å². The molecule has 21 heavy (non-hydrogen) atoms. The SMILES string of the molecule is O=S(=O)(NCCSCc1ccc(Cl)cc1)c1ccc(Br)s1. The first-order valence-corrected chi connectivity index (χ1v) is 10.7. The Kier molecular flexibility index (Phi) is 6.58. The number of hydrogen-bond acceptors (Lipinski definition) is 4. The Morgan fingerprint density at radius 2 is 1.90 bits per heavy atom. The van der Waals surface area contributed by atoms with Crippen molar-refractivity contribution in [3.63, 3.8) is 0 Å². The molecule has 0 aliphatic heterocycles. The summed E-state index contributed by atoms with van der Waals surface area (Å²) in [6.45, 7) is 0.413. The summed E-state index contributed by atoms with van der Waals surface area (Å²) in [7, 11) is -3.38. The standard InChI is InChI=1S/C13H13BrClNO2S3/c14-12-5-6-13(20-12)21(17,18)16-7-8-19-9-10-1-3-11(15)4-2-10/h1-6,16H,7-9H2. The van der Waals surface area contributed by atoms with Gasteiger partial charge in [0.2, 0.25) is 10.0 Å². The van der Waals surface area contributed by atoms with Gasteiger partial charge in [0.1, 0.15) is 4.21 Å². The summed E-state index contributed by atoms with van der Waals surface area (Å²) >= 11 is 12.0. The molecule has 0 bridgehead atoms. The summed E-state index contributed by atoms with van der Waals surface area (Å²) in [5.74, 6) is 1.55. The Bertz CT molecular complexity index is 686. The van der Waals surface area contributed by atoms with E-state index in [1.165, 1.54) is 16.9 Å². The summed E-state index contributed by atoms with van der Waals surface area (Å²) in [6, 6.07) is 11.0. The van der Waals surface area contributed by atoms with Gasteiger partial charge < -0.3 is 0 Å². The smallest absolute Gasteiger partial charge is 0.210 e. The van der Waals surface area contributed by atoms with Crippen molar-refractivity contribution in [1.82, 2.24) is 4.72 Å². The third-order valence-corrected chi connectivity index (χ3v) is 7.39. The van der Waals surface area contributed by atoms with E-state index in [9.17, 15) is 8.42 Å². The molecule has 0 atom stereocenters. The Morgan fingerprint density at radius 1 is 1.19 bits per heavy atom. The largest absolute Gasteiger partial charge is 0.250 e. The van der Waals surface area contributed by atoms with Gasteiger partial charge in [0.05, 0.1) is 3.79 Å². The van der Waals surface area contributed by atoms with E-state index < -0.39 is 10.0 Å². The van der Waals surface area contributed by atoms with Gasteiger partial charge in [0.15, 0.2) is 0 Å². The van der Waals surface area contributed by atoms with Crippen LogP contribution in [0.4, 0.5) is 0 Å². The minimum absolute atomic E-state index is 0.331. The molecule has 0 radical (unpaired) electrons. The molecule has 0 aliphatic rings. The summed E-state index contributed by atoms with van der Waals surface area (Å²) in [5, 5.41) is 0.721. The molecule has 0 amide bonds. The number of hydrogen-bond donors (Lipinski definition) is 1. The first kappa shape index (κ1) is 17.3. The molecule has 2 aromatic rings. The maximum Gasteiger partial charge on any atom is 0.250 e. The number of thioether (sulfide) groups is 1. The topological polar surface area (TPSA) is 46.2 Å². The molecule has 0 unspecified atom stereocenters. The number of sulfonamides is 1. The second-order valence-electron chi connectivity index (χ2n) is 4.14. The summed E-state index contributed by atoms with van der Waals surface area (Å²) in [4.78, 5) is 0. The summed E-state index contributed by atoms with van der Waals surface area (Å²) in [6.07, 6.45) is 0. The van der Waals surface area contributed by atoms with Crippen molar-refractivity contribution in [1.29, 1.82) is 0 Å². The highest BCUT2D eigenvalue weighted by Crippen LogP contribution is 2.25. The Balaban J connectivity index is 1.73. The van der Waals surface area contributed by atoms with E-state index in [0.29, 0.717) is 16.5 Å². The maximum atomic E-state index is 12.0. The summed E-state index contributed by atoms with van der Waals surface area (Å²) in [5.41, 5.74) is 1.18. The van der Waals surface area contributed by atoms with Crippen molar-refractivity contribution in [3.05, 3.63) is 50.8 Å². The molecule has 0 aliphatic carbocycles. The average molecular weight is 427 g/mol. The maximum absolute atomic E-state index is 12.0. The van der Waals surface area contributed by atoms with E-state index in [4.69, 9.17) is 11.6 Å². The van der Waals surface area contributed by atoms with Crippen molar-refractivity contribution >= 4 is 60.7 Å². The van der Waals surface area contributed by atoms with Crippen LogP contribution in [0.25, 0.3) is 0 Å². The number of rotatable bonds is 7. The van der Waals surface area contributed by atoms with Crippen LogP contribution in [0.3, 0.4) is 0 Å². The molecule has 1 aromatic heterocycles. The van der Waals surface area contributed by atoms with Crippen LogP contribution in [-0.4, -0.2) is 20.7 Å². The fourth-order valence-corrected chi connectivity index (χ4v) is 5.69. The van der Waals surface area contributed by atoms with E-state index in [2.05, 4.69) is 20.7 Å². The molecule has 0 saturated heterocycles. The average Bonchev–Trinajstić information content (AvgIpc) is 2.88. The highest BCUT2D eigenvalue weighted by molar-refractivity contribution is 9.11. The minimum Gasteiger partial charge on any atom is -0.210 e. The second kappa shape index (κ2) is 7.99. The highest BCUT2D eigenvalue weighted by Gasteiger charge is 2.15. The van der Waals surface area contributed by atoms with E-state index in [1.807, 2.05) is 24.3 Å². The van der Waals surface area contributed by atoms with Gasteiger partial charge >= 0.3 is 0 Å². The predicted molar refractivity (Wildman–Crippen MR) is 94.8 cm³/mol. The minimum atomic E-state index is -3.38. The lowest BCUT2D eigenvalue weighted by Gasteiger charge is -2.05. The Morgan fingerprint density at radius 3 is 2.52 bits per heavy atom. The third kappa shape index (κ3) is 5.58. The Labute approximate surface area is 146 Å². The van der Waals surface area contributed by atoms with E-state index in [0.717, 1.165) is 14.6 Å². The first-order chi connectivity index (χ1) is 9.97. The van der Waals surface area contributed by atoms with Crippen molar-refractivity contribution in [2.45, 2.75) is 9.96 Å². The van der Waals surface area contributed by atoms with Crippen LogP contribution < -0.4 is 4.72 Å². The van der Waals surface area contributed by atoms with Crippen LogP contribution in [0.2, 0.25) is 5.02 Å². The van der Waals surface area contributed by atoms with Gasteiger partial charge in [-0.25, -0.2) is 13.1 Å². The zero-order chi connectivity index (χ0) is 15.3. The molecular weight excluding hydrogens is 414 g/mol. The van der Waals surface area contributed by atoms with Crippen LogP contribution in [0, 0.1) is 0 Å². The van der Waals surface area contributed by atoms with Gasteiger partial charge in [0, 0.05) is 23.1 Å². The van der Waals surface area contributed by atoms with Crippen molar-refractivity contribution < 1.29 is 8.42 Å². The quantitative estimate of drug-likeness (QED) is 0.668. The van der Waals surface area contributed by atoms with Crippen LogP contribution in [0.5, 0.6) is 0 Å². The molecule has 0 fully saturated rings. The fraction of sp³-hybridized carbons (Fsp3) is 0.231. The highest BCUT2D eigenvalue weighted by atomic mass is 79.9. The van der Waals surface area contributed by atoms with Crippen molar-refractivity contribution in [3.8, 4) is 0 Å². The number of benzene rings is 1. The first-order valence-electron chi connectivity index (χ1n) is 6.04. The third-order valence-electron chi connectivity index (χ3n) is 2.53. The van der Waals surface area contributed by atoms with Crippen molar-refractivity contribution in [2.75, 3.05) is 12.3 Å². The van der Waals surface area contributed by atoms with E-state index in [-0.39, 0.29) is 0 Å². The van der Waals surface area contributed by atoms with Crippen molar-refractivity contribution in [2.24, 2.45) is 0 Å². The lowest BCUT2D eigenvalue weighted by molar-refractivity contribution is 0.586. The Hall–Kier alpha value is -0.0500. The van der Waals surface area contributed by atoms with Gasteiger partial charge in [-0.1, -0.05) is 23.7 Å². The molecule has 0 saturated carbocycles. The van der Waals surface area contributed by atoms with Gasteiger partial charge in [0.25, 0.3) is 0 Å². The predicted octanol–water partition coefficient (Wildman–Crippen LogP) is 4.38. The lowest BCUT2D eigenvalue weighted by atomic mass is 10.2. The molecule has 1 N–H and O–H groups in total. The van der Waals surface area contributed by atoms with Crippen LogP contribution >= 0.6 is 50.6 Å². The fourth-order valence-electron chi connectivity index (χ4n) is 1.53. The van der Waals surface area contributed by atoms with Gasteiger partial charge in [-0.05, 0) is 45.8 Å². The second-order valence-corrected chi connectivity index (χ2v) is 10.1. The molecule has 114 valence electrons. The van der Waals surface area contributed by atoms with Crippen LogP contribution in [0.1, 0.15) is 5.56 Å². The molecule has 8 heteroatoms. The summed E-state index contributed by atoms with van der Waals surface area (Å²) < 4.78 is 27.7. The molecule has 2 rings (SSSR count). The molecular formula is C13H13BrClNO2S3. The monoisotopic (exact) mass is 425 g/mol. The zero-order valence-electron chi connectivity index (χ0n) is 10.9. The number of halogens is 2. The molecule has 0 spiro atoms. The molecule has 1 heterocycles. The van der Waals surface area contributed by atoms with E-state index >= 15 is 0 Å². The molecule has 1 aromatic carbocycles. The van der Waals surface area contributed by atoms with Crippen LogP contribution in [-0.2, 0) is 15.8 Å². The number of nitrogens with one attached hydrogen (secondary N) is 1. The van der Waals surface area contributed by atoms with Gasteiger partial charge in [-0.15, -0.1) is 11.3 Å². The van der Waals surface area contributed by atoms with Gasteiger partial charge in [-0.3, -0.25) is 0 Å². The lowest BCUT2D eigenvalue weighted by Crippen LogP contribution is -2.25. The van der Waals surface area contributed by atoms with Gasteiger partial charge in [-0.2, -0.15) is 11.8 Å². The van der Waals surface area contributed by atoms with E-state index in [1.54, 1.807) is 23.9 Å². The zero-order valence-corrected chi connectivity index (χ0v) is 15.7. The normalized spacial score (nSPS) is 11.7. The molecule has 3 nitrogen and oxygen atoms in total. The number of thiophene rings is 1.